The van der Waals surface area contributed by atoms with Gasteiger partial charge in [-0.05, 0) is 24.3 Å². The van der Waals surface area contributed by atoms with Gasteiger partial charge in [-0.2, -0.15) is 0 Å². The minimum Gasteiger partial charge on any atom is -0.497 e. The Bertz CT molecular complexity index is 907. The van der Waals surface area contributed by atoms with Crippen LogP contribution in [0.5, 0.6) is 5.75 Å². The standard InChI is InChI=1S/C15H11N3O4S/c1-22-11-5-6-12-13(8-11)23-15(16-12)17-14(19)9-3-2-4-10(7-9)18(20)21/h2-8H,1H3,(H,16,17,19). The molecule has 0 unspecified atom stereocenters. The van der Waals surface area contributed by atoms with Crippen molar-refractivity contribution in [2.45, 2.75) is 0 Å². The molecule has 0 atom stereocenters. The van der Waals surface area contributed by atoms with Gasteiger partial charge in [-0.25, -0.2) is 4.98 Å². The number of non-ortho nitro benzene ring substituents is 1. The van der Waals surface area contributed by atoms with Gasteiger partial charge in [0, 0.05) is 17.7 Å². The van der Waals surface area contributed by atoms with Crippen molar-refractivity contribution in [1.82, 2.24) is 4.98 Å². The average molecular weight is 329 g/mol. The summed E-state index contributed by atoms with van der Waals surface area (Å²) in [6.45, 7) is 0. The van der Waals surface area contributed by atoms with Crippen LogP contribution in [0.2, 0.25) is 0 Å². The number of carbonyl (C=O) groups excluding carboxylic acids is 1. The van der Waals surface area contributed by atoms with Gasteiger partial charge in [0.15, 0.2) is 5.13 Å². The minimum absolute atomic E-state index is 0.133. The number of rotatable bonds is 4. The van der Waals surface area contributed by atoms with Crippen molar-refractivity contribution < 1.29 is 14.5 Å². The number of amides is 1. The highest BCUT2D eigenvalue weighted by Crippen LogP contribution is 2.29. The summed E-state index contributed by atoms with van der Waals surface area (Å²) < 4.78 is 6.02. The molecule has 0 saturated heterocycles. The first-order valence-corrected chi connectivity index (χ1v) is 7.39. The van der Waals surface area contributed by atoms with Gasteiger partial charge in [0.2, 0.25) is 0 Å². The Hall–Kier alpha value is -3.00. The molecule has 0 aliphatic carbocycles. The zero-order chi connectivity index (χ0) is 16.4. The molecule has 3 aromatic rings. The molecule has 1 heterocycles. The monoisotopic (exact) mass is 329 g/mol. The molecule has 2 aromatic carbocycles. The normalized spacial score (nSPS) is 10.5. The number of thiazole rings is 1. The maximum absolute atomic E-state index is 12.2. The highest BCUT2D eigenvalue weighted by molar-refractivity contribution is 7.22. The van der Waals surface area contributed by atoms with E-state index in [0.29, 0.717) is 10.9 Å². The number of nitrogens with zero attached hydrogens (tertiary/aromatic N) is 2. The Kier molecular flexibility index (Phi) is 3.90. The lowest BCUT2D eigenvalue weighted by atomic mass is 10.2. The fourth-order valence-electron chi connectivity index (χ4n) is 2.02. The smallest absolute Gasteiger partial charge is 0.270 e. The van der Waals surface area contributed by atoms with Crippen LogP contribution in [0, 0.1) is 10.1 Å². The predicted octanol–water partition coefficient (Wildman–Crippen LogP) is 3.47. The van der Waals surface area contributed by atoms with Gasteiger partial charge in [0.05, 0.1) is 22.2 Å². The number of hydrogen-bond donors (Lipinski definition) is 1. The van der Waals surface area contributed by atoms with E-state index < -0.39 is 10.8 Å². The van der Waals surface area contributed by atoms with E-state index in [-0.39, 0.29) is 11.3 Å². The largest absolute Gasteiger partial charge is 0.497 e. The summed E-state index contributed by atoms with van der Waals surface area (Å²) in [5, 5.41) is 13.8. The van der Waals surface area contributed by atoms with Crippen LogP contribution in [0.25, 0.3) is 10.2 Å². The molecule has 1 amide bonds. The molecular weight excluding hydrogens is 318 g/mol. The van der Waals surface area contributed by atoms with Crippen molar-refractivity contribution in [1.29, 1.82) is 0 Å². The summed E-state index contributed by atoms with van der Waals surface area (Å²) >= 11 is 1.30. The van der Waals surface area contributed by atoms with Gasteiger partial charge in [0.1, 0.15) is 5.75 Å². The Morgan fingerprint density at radius 2 is 2.13 bits per heavy atom. The number of carbonyl (C=O) groups is 1. The first-order valence-electron chi connectivity index (χ1n) is 6.57. The Morgan fingerprint density at radius 1 is 1.30 bits per heavy atom. The highest BCUT2D eigenvalue weighted by atomic mass is 32.1. The first-order chi connectivity index (χ1) is 11.1. The molecule has 0 radical (unpaired) electrons. The molecule has 0 bridgehead atoms. The number of methoxy groups -OCH3 is 1. The summed E-state index contributed by atoms with van der Waals surface area (Å²) in [7, 11) is 1.58. The van der Waals surface area contributed by atoms with Crippen LogP contribution < -0.4 is 10.1 Å². The number of anilines is 1. The van der Waals surface area contributed by atoms with Crippen LogP contribution in [0.1, 0.15) is 10.4 Å². The second-order valence-electron chi connectivity index (χ2n) is 4.61. The number of fused-ring (bicyclic) bond motifs is 1. The fourth-order valence-corrected chi connectivity index (χ4v) is 2.90. The second kappa shape index (κ2) is 6.01. The molecule has 7 nitrogen and oxygen atoms in total. The molecule has 0 aliphatic rings. The zero-order valence-electron chi connectivity index (χ0n) is 12.0. The van der Waals surface area contributed by atoms with Crippen LogP contribution in [-0.2, 0) is 0 Å². The van der Waals surface area contributed by atoms with Gasteiger partial charge < -0.3 is 4.74 Å². The summed E-state index contributed by atoms with van der Waals surface area (Å²) in [6.07, 6.45) is 0. The fraction of sp³-hybridized carbons (Fsp3) is 0.0667. The van der Waals surface area contributed by atoms with Crippen LogP contribution in [0.15, 0.2) is 42.5 Å². The Morgan fingerprint density at radius 3 is 2.87 bits per heavy atom. The van der Waals surface area contributed by atoms with Gasteiger partial charge in [-0.15, -0.1) is 0 Å². The summed E-state index contributed by atoms with van der Waals surface area (Å²) in [5.74, 6) is 0.262. The minimum atomic E-state index is -0.541. The lowest BCUT2D eigenvalue weighted by molar-refractivity contribution is -0.384. The van der Waals surface area contributed by atoms with Gasteiger partial charge >= 0.3 is 0 Å². The quantitative estimate of drug-likeness (QED) is 0.584. The zero-order valence-corrected chi connectivity index (χ0v) is 12.8. The van der Waals surface area contributed by atoms with E-state index in [2.05, 4.69) is 10.3 Å². The molecule has 8 heteroatoms. The third-order valence-electron chi connectivity index (χ3n) is 3.14. The van der Waals surface area contributed by atoms with Crippen LogP contribution >= 0.6 is 11.3 Å². The number of aromatic nitrogens is 1. The van der Waals surface area contributed by atoms with E-state index in [1.54, 1.807) is 19.2 Å². The van der Waals surface area contributed by atoms with E-state index in [0.717, 1.165) is 10.2 Å². The Labute approximate surface area is 134 Å². The summed E-state index contributed by atoms with van der Waals surface area (Å²) in [6, 6.07) is 11.0. The van der Waals surface area contributed by atoms with E-state index in [1.165, 1.54) is 35.6 Å². The molecule has 0 spiro atoms. The topological polar surface area (TPSA) is 94.4 Å². The molecular formula is C15H11N3O4S. The number of ether oxygens (including phenoxy) is 1. The molecule has 1 aromatic heterocycles. The average Bonchev–Trinajstić information content (AvgIpc) is 2.95. The molecule has 23 heavy (non-hydrogen) atoms. The SMILES string of the molecule is COc1ccc2nc(NC(=O)c3cccc([N+](=O)[O-])c3)sc2c1. The van der Waals surface area contributed by atoms with Gasteiger partial charge in [-0.1, -0.05) is 17.4 Å². The predicted molar refractivity (Wildman–Crippen MR) is 87.2 cm³/mol. The van der Waals surface area contributed by atoms with Crippen LogP contribution in [0.4, 0.5) is 10.8 Å². The number of hydrogen-bond acceptors (Lipinski definition) is 6. The second-order valence-corrected chi connectivity index (χ2v) is 5.64. The summed E-state index contributed by atoms with van der Waals surface area (Å²) in [4.78, 5) is 26.7. The van der Waals surface area contributed by atoms with Gasteiger partial charge in [0.25, 0.3) is 11.6 Å². The first kappa shape index (κ1) is 14.9. The molecule has 3 rings (SSSR count). The molecule has 0 saturated carbocycles. The molecule has 0 fully saturated rings. The summed E-state index contributed by atoms with van der Waals surface area (Å²) in [5.41, 5.74) is 0.813. The third kappa shape index (κ3) is 3.11. The van der Waals surface area contributed by atoms with E-state index in [9.17, 15) is 14.9 Å². The third-order valence-corrected chi connectivity index (χ3v) is 4.07. The van der Waals surface area contributed by atoms with Crippen molar-refractivity contribution in [2.75, 3.05) is 12.4 Å². The number of benzene rings is 2. The number of nitro groups is 1. The molecule has 116 valence electrons. The Balaban J connectivity index is 1.85. The highest BCUT2D eigenvalue weighted by Gasteiger charge is 2.13. The maximum atomic E-state index is 12.2. The lowest BCUT2D eigenvalue weighted by Gasteiger charge is -2.01. The van der Waals surface area contributed by atoms with Crippen LogP contribution in [0.3, 0.4) is 0 Å². The lowest BCUT2D eigenvalue weighted by Crippen LogP contribution is -2.11. The van der Waals surface area contributed by atoms with Crippen LogP contribution in [-0.4, -0.2) is 22.9 Å². The van der Waals surface area contributed by atoms with E-state index >= 15 is 0 Å². The van der Waals surface area contributed by atoms with Crippen molar-refractivity contribution in [3.63, 3.8) is 0 Å². The van der Waals surface area contributed by atoms with Crippen molar-refractivity contribution >= 4 is 38.3 Å². The maximum Gasteiger partial charge on any atom is 0.270 e. The van der Waals surface area contributed by atoms with E-state index in [1.807, 2.05) is 6.07 Å². The number of nitro benzene ring substituents is 1. The van der Waals surface area contributed by atoms with Gasteiger partial charge in [-0.3, -0.25) is 20.2 Å². The molecule has 0 aliphatic heterocycles. The van der Waals surface area contributed by atoms with Crippen molar-refractivity contribution in [2.24, 2.45) is 0 Å². The van der Waals surface area contributed by atoms with Crippen molar-refractivity contribution in [3.05, 3.63) is 58.1 Å². The van der Waals surface area contributed by atoms with Crippen molar-refractivity contribution in [3.8, 4) is 5.75 Å². The number of nitrogens with one attached hydrogen (secondary N) is 1. The molecule has 1 N–H and O–H groups in total. The van der Waals surface area contributed by atoms with E-state index in [4.69, 9.17) is 4.74 Å².